The maximum atomic E-state index is 12.7. The topological polar surface area (TPSA) is 134 Å². The molecule has 10 heteroatoms. The molecule has 79 heavy (non-hydrogen) atoms. The van der Waals surface area contributed by atoms with Crippen LogP contribution in [0.25, 0.3) is 0 Å². The van der Waals surface area contributed by atoms with Gasteiger partial charge in [-0.05, 0) is 70.6 Å². The molecule has 2 unspecified atom stereocenters. The predicted molar refractivity (Wildman–Crippen MR) is 340 cm³/mol. The largest absolute Gasteiger partial charge is 0.472 e. The summed E-state index contributed by atoms with van der Waals surface area (Å²) in [4.78, 5) is 35.2. The molecule has 0 saturated carbocycles. The van der Waals surface area contributed by atoms with Crippen LogP contribution in [0.15, 0.2) is 48.6 Å². The molecule has 0 spiro atoms. The van der Waals surface area contributed by atoms with Gasteiger partial charge in [-0.25, -0.2) is 4.57 Å². The van der Waals surface area contributed by atoms with Gasteiger partial charge >= 0.3 is 19.8 Å². The van der Waals surface area contributed by atoms with Crippen molar-refractivity contribution in [1.82, 2.24) is 0 Å². The van der Waals surface area contributed by atoms with Gasteiger partial charge in [0.25, 0.3) is 0 Å². The lowest BCUT2D eigenvalue weighted by Gasteiger charge is -2.19. The third-order valence-electron chi connectivity index (χ3n) is 15.2. The molecule has 0 aliphatic heterocycles. The Bertz CT molecular complexity index is 1430. The van der Waals surface area contributed by atoms with Crippen molar-refractivity contribution in [3.05, 3.63) is 48.6 Å². The van der Waals surface area contributed by atoms with Gasteiger partial charge in [0.1, 0.15) is 6.61 Å². The maximum absolute atomic E-state index is 12.7. The molecule has 0 aromatic rings. The smallest absolute Gasteiger partial charge is 0.462 e. The van der Waals surface area contributed by atoms with Gasteiger partial charge in [-0.1, -0.05) is 313 Å². The lowest BCUT2D eigenvalue weighted by atomic mass is 10.0. The van der Waals surface area contributed by atoms with Crippen LogP contribution in [0.2, 0.25) is 0 Å². The van der Waals surface area contributed by atoms with E-state index in [1.807, 2.05) is 0 Å². The molecule has 0 bridgehead atoms. The van der Waals surface area contributed by atoms with Crippen molar-refractivity contribution in [1.29, 1.82) is 0 Å². The molecular weight excluding hydrogens is 1000 g/mol. The molecule has 0 amide bonds. The van der Waals surface area contributed by atoms with Crippen molar-refractivity contribution in [2.75, 3.05) is 26.4 Å². The second-order valence-corrected chi connectivity index (χ2v) is 24.5. The van der Waals surface area contributed by atoms with Gasteiger partial charge in [0.2, 0.25) is 0 Å². The van der Waals surface area contributed by atoms with E-state index < -0.39 is 26.5 Å². The minimum atomic E-state index is -4.39. The van der Waals surface area contributed by atoms with E-state index in [1.165, 1.54) is 250 Å². The number of carbonyl (C=O) groups excluding carboxylic acids is 2. The van der Waals surface area contributed by atoms with Crippen molar-refractivity contribution in [3.8, 4) is 0 Å². The van der Waals surface area contributed by atoms with Gasteiger partial charge in [-0.2, -0.15) is 0 Å². The Balaban J connectivity index is 3.71. The molecule has 2 atom stereocenters. The fraction of sp³-hybridized carbons (Fsp3) is 0.855. The van der Waals surface area contributed by atoms with Gasteiger partial charge in [-0.3, -0.25) is 18.6 Å². The van der Waals surface area contributed by atoms with Crippen molar-refractivity contribution < 1.29 is 37.6 Å². The monoisotopic (exact) mass is 1130 g/mol. The van der Waals surface area contributed by atoms with Crippen molar-refractivity contribution in [2.24, 2.45) is 5.73 Å². The first-order chi connectivity index (χ1) is 38.8. The molecule has 0 rings (SSSR count). The highest BCUT2D eigenvalue weighted by Crippen LogP contribution is 2.43. The molecule has 0 fully saturated rings. The number of phosphoric ester groups is 1. The minimum Gasteiger partial charge on any atom is -0.462 e. The summed E-state index contributed by atoms with van der Waals surface area (Å²) in [6.07, 6.45) is 82.4. The lowest BCUT2D eigenvalue weighted by Crippen LogP contribution is -2.29. The Morgan fingerprint density at radius 3 is 1.05 bits per heavy atom. The van der Waals surface area contributed by atoms with Crippen molar-refractivity contribution >= 4 is 19.8 Å². The summed E-state index contributed by atoms with van der Waals surface area (Å²) in [6.45, 7) is 3.66. The summed E-state index contributed by atoms with van der Waals surface area (Å²) in [6, 6.07) is 0. The van der Waals surface area contributed by atoms with E-state index in [1.54, 1.807) is 0 Å². The number of phosphoric acid groups is 1. The number of esters is 2. The van der Waals surface area contributed by atoms with Gasteiger partial charge in [0.15, 0.2) is 6.10 Å². The van der Waals surface area contributed by atoms with Crippen LogP contribution in [-0.4, -0.2) is 49.3 Å². The number of nitrogens with two attached hydrogens (primary N) is 1. The van der Waals surface area contributed by atoms with Gasteiger partial charge in [0, 0.05) is 19.4 Å². The van der Waals surface area contributed by atoms with E-state index in [4.69, 9.17) is 24.3 Å². The molecule has 9 nitrogen and oxygen atoms in total. The minimum absolute atomic E-state index is 0.0519. The molecule has 3 N–H and O–H groups in total. The van der Waals surface area contributed by atoms with Crippen LogP contribution >= 0.6 is 7.82 Å². The molecule has 0 aromatic heterocycles. The molecule has 464 valence electrons. The standard InChI is InChI=1S/C69H130NO8P/c1-3-5-7-9-11-13-15-17-19-21-22-23-24-25-26-27-28-29-30-31-32-33-34-35-36-37-38-39-40-41-42-43-44-46-47-49-51-53-55-57-59-61-68(71)75-65-67(66-77-79(73,74)76-64-63-70)78-69(72)62-60-58-56-54-52-50-48-45-20-18-16-14-12-10-8-6-4-2/h6,8,12,14,18,20-22,67H,3-5,7,9-11,13,15-17,19,23-66,70H2,1-2H3,(H,73,74)/b8-6-,14-12-,20-18-,22-21-. The molecule has 0 heterocycles. The highest BCUT2D eigenvalue weighted by atomic mass is 31.2. The number of hydrogen-bond donors (Lipinski definition) is 2. The number of carbonyl (C=O) groups is 2. The molecule has 0 aliphatic carbocycles. The Hall–Kier alpha value is -2.03. The Morgan fingerprint density at radius 2 is 0.696 bits per heavy atom. The van der Waals surface area contributed by atoms with Crippen LogP contribution in [-0.2, 0) is 32.7 Å². The summed E-state index contributed by atoms with van der Waals surface area (Å²) in [5.41, 5.74) is 5.39. The van der Waals surface area contributed by atoms with Crippen LogP contribution in [0.5, 0.6) is 0 Å². The fourth-order valence-electron chi connectivity index (χ4n) is 10.2. The van der Waals surface area contributed by atoms with Crippen LogP contribution in [0.1, 0.15) is 348 Å². The lowest BCUT2D eigenvalue weighted by molar-refractivity contribution is -0.161. The number of rotatable bonds is 65. The number of unbranched alkanes of at least 4 members (excludes halogenated alkanes) is 44. The number of ether oxygens (including phenoxy) is 2. The summed E-state index contributed by atoms with van der Waals surface area (Å²) < 4.78 is 33.1. The van der Waals surface area contributed by atoms with Crippen molar-refractivity contribution in [2.45, 2.75) is 354 Å². The first-order valence-electron chi connectivity index (χ1n) is 34.1. The molecule has 0 aromatic carbocycles. The van der Waals surface area contributed by atoms with E-state index in [-0.39, 0.29) is 38.6 Å². The zero-order chi connectivity index (χ0) is 57.3. The average Bonchev–Trinajstić information content (AvgIpc) is 3.44. The van der Waals surface area contributed by atoms with Crippen LogP contribution in [0, 0.1) is 0 Å². The van der Waals surface area contributed by atoms with E-state index in [2.05, 4.69) is 62.5 Å². The van der Waals surface area contributed by atoms with E-state index in [0.29, 0.717) is 6.42 Å². The molecule has 0 radical (unpaired) electrons. The van der Waals surface area contributed by atoms with Crippen LogP contribution in [0.4, 0.5) is 0 Å². The Morgan fingerprint density at radius 1 is 0.392 bits per heavy atom. The summed E-state index contributed by atoms with van der Waals surface area (Å²) in [5.74, 6) is -0.825. The molecule has 0 saturated heterocycles. The van der Waals surface area contributed by atoms with E-state index in [9.17, 15) is 19.0 Å². The first-order valence-corrected chi connectivity index (χ1v) is 35.6. The molecule has 0 aliphatic rings. The highest BCUT2D eigenvalue weighted by molar-refractivity contribution is 7.47. The van der Waals surface area contributed by atoms with Gasteiger partial charge in [0.05, 0.1) is 13.2 Å². The SMILES string of the molecule is CC/C=C\C/C=C\C/C=C\CCCCCCCCCC(=O)OC(COC(=O)CCCCCCCCCCCCCCCCCCCCCCCCCCCCCCC/C=C\CCCCCCCCCC)COP(=O)(O)OCCN. The first kappa shape index (κ1) is 77.0. The second kappa shape index (κ2) is 65.1. The second-order valence-electron chi connectivity index (χ2n) is 23.0. The van der Waals surface area contributed by atoms with E-state index >= 15 is 0 Å². The van der Waals surface area contributed by atoms with Crippen LogP contribution in [0.3, 0.4) is 0 Å². The maximum Gasteiger partial charge on any atom is 0.472 e. The summed E-state index contributed by atoms with van der Waals surface area (Å²) in [5, 5.41) is 0. The van der Waals surface area contributed by atoms with E-state index in [0.717, 1.165) is 64.2 Å². The normalized spacial score (nSPS) is 13.2. The fourth-order valence-corrected chi connectivity index (χ4v) is 10.9. The summed E-state index contributed by atoms with van der Waals surface area (Å²) in [7, 11) is -4.39. The Labute approximate surface area is 489 Å². The Kier molecular flexibility index (Phi) is 63.5. The third-order valence-corrected chi connectivity index (χ3v) is 16.2. The highest BCUT2D eigenvalue weighted by Gasteiger charge is 2.26. The number of allylic oxidation sites excluding steroid dienone is 8. The third kappa shape index (κ3) is 65.0. The number of hydrogen-bond acceptors (Lipinski definition) is 8. The summed E-state index contributed by atoms with van der Waals surface area (Å²) >= 11 is 0. The predicted octanol–water partition coefficient (Wildman–Crippen LogP) is 22.1. The zero-order valence-electron chi connectivity index (χ0n) is 52.1. The van der Waals surface area contributed by atoms with Crippen LogP contribution < -0.4 is 5.73 Å². The van der Waals surface area contributed by atoms with Crippen molar-refractivity contribution in [3.63, 3.8) is 0 Å². The van der Waals surface area contributed by atoms with Gasteiger partial charge < -0.3 is 20.1 Å². The van der Waals surface area contributed by atoms with Gasteiger partial charge in [-0.15, -0.1) is 0 Å². The quantitative estimate of drug-likeness (QED) is 0.0264. The average molecular weight is 1130 g/mol. The molecular formula is C69H130NO8P. The zero-order valence-corrected chi connectivity index (χ0v) is 53.0.